The Kier molecular flexibility index (Phi) is 12.6. The molecule has 0 saturated carbocycles. The number of carbonyl (C=O) groups excluding carboxylic acids is 1. The van der Waals surface area contributed by atoms with Gasteiger partial charge in [-0.25, -0.2) is 0 Å². The average Bonchev–Trinajstić information content (AvgIpc) is 2.25. The molecule has 1 amide bonds. The van der Waals surface area contributed by atoms with Crippen LogP contribution in [-0.4, -0.2) is 126 Å². The normalized spacial score (nSPS) is 11.7. The molecule has 1 atom stereocenters. The molecule has 0 aliphatic heterocycles. The van der Waals surface area contributed by atoms with Crippen LogP contribution in [0.15, 0.2) is 30.3 Å². The molecular formula is C9H11K2N2O4P. The fourth-order valence-corrected chi connectivity index (χ4v) is 1.18. The number of hydrogen-bond acceptors (Lipinski definition) is 3. The summed E-state index contributed by atoms with van der Waals surface area (Å²) in [6.45, 7) is 0. The van der Waals surface area contributed by atoms with Gasteiger partial charge in [0.25, 0.3) is 7.60 Å². The van der Waals surface area contributed by atoms with Gasteiger partial charge in [0, 0.05) is 10.6 Å². The molecule has 0 aliphatic rings. The zero-order valence-electron chi connectivity index (χ0n) is 8.40. The first-order chi connectivity index (χ1) is 7.40. The van der Waals surface area contributed by atoms with Crippen molar-refractivity contribution in [3.05, 3.63) is 40.8 Å². The van der Waals surface area contributed by atoms with Crippen LogP contribution in [-0.2, 0) is 4.57 Å². The van der Waals surface area contributed by atoms with E-state index in [4.69, 9.17) is 4.89 Å². The van der Waals surface area contributed by atoms with E-state index in [9.17, 15) is 14.3 Å². The molecule has 0 fully saturated rings. The van der Waals surface area contributed by atoms with Crippen molar-refractivity contribution in [2.45, 2.75) is 0 Å². The van der Waals surface area contributed by atoms with Gasteiger partial charge in [0.05, 0.1) is 7.05 Å². The van der Waals surface area contributed by atoms with Gasteiger partial charge in [-0.3, -0.25) is 9.36 Å². The first-order valence-electron chi connectivity index (χ1n) is 4.25. The van der Waals surface area contributed by atoms with E-state index < -0.39 is 13.5 Å². The molecule has 1 aromatic carbocycles. The number of amides is 1. The molecule has 0 saturated heterocycles. The third kappa shape index (κ3) is 8.71. The summed E-state index contributed by atoms with van der Waals surface area (Å²) >= 11 is 0. The van der Waals surface area contributed by atoms with Gasteiger partial charge >= 0.3 is 114 Å². The molecule has 88 valence electrons. The van der Waals surface area contributed by atoms with E-state index in [1.165, 1.54) is 12.9 Å². The Balaban J connectivity index is 0. The van der Waals surface area contributed by atoms with Crippen LogP contribution in [0.1, 0.15) is 10.4 Å². The molecule has 6 nitrogen and oxygen atoms in total. The molecule has 0 radical (unpaired) electrons. The van der Waals surface area contributed by atoms with Gasteiger partial charge in [0.15, 0.2) is 0 Å². The van der Waals surface area contributed by atoms with Crippen molar-refractivity contribution in [3.8, 4) is 5.81 Å². The summed E-state index contributed by atoms with van der Waals surface area (Å²) in [4.78, 5) is 33.5. The van der Waals surface area contributed by atoms with Crippen molar-refractivity contribution in [3.63, 3.8) is 0 Å². The number of hydrogen-bond donors (Lipinski definition) is 1. The van der Waals surface area contributed by atoms with E-state index in [1.54, 1.807) is 30.3 Å². The van der Waals surface area contributed by atoms with E-state index in [1.807, 2.05) is 0 Å². The van der Waals surface area contributed by atoms with E-state index in [0.717, 1.165) is 5.01 Å². The molecule has 0 spiro atoms. The summed E-state index contributed by atoms with van der Waals surface area (Å²) < 4.78 is 10.3. The molecule has 0 heterocycles. The van der Waals surface area contributed by atoms with Gasteiger partial charge in [-0.15, -0.1) is 0 Å². The number of benzene rings is 1. The van der Waals surface area contributed by atoms with Gasteiger partial charge in [0.1, 0.15) is 4.95 Å². The monoisotopic (exact) mass is 320 g/mol. The van der Waals surface area contributed by atoms with Gasteiger partial charge in [-0.1, -0.05) is 18.2 Å². The van der Waals surface area contributed by atoms with Crippen molar-refractivity contribution < 1.29 is 19.1 Å². The fourth-order valence-electron chi connectivity index (χ4n) is 0.937. The minimum atomic E-state index is -4.71. The molecule has 9 heteroatoms. The molecule has 1 aromatic rings. The van der Waals surface area contributed by atoms with Crippen LogP contribution in [0.25, 0.3) is 4.95 Å². The van der Waals surface area contributed by atoms with Crippen LogP contribution in [0.5, 0.6) is 0 Å². The van der Waals surface area contributed by atoms with Crippen molar-refractivity contribution in [1.29, 1.82) is 0 Å². The average molecular weight is 320 g/mol. The second kappa shape index (κ2) is 10.3. The van der Waals surface area contributed by atoms with Crippen LogP contribution in [0.3, 0.4) is 0 Å². The second-order valence-corrected chi connectivity index (χ2v) is 4.16. The maximum atomic E-state index is 11.6. The SMILES string of the molecule is CN([N+]#CP(=O)([O-])O)C(=O)c1ccccc1.[KH].[KH]. The Hall–Kier alpha value is 1.60. The first-order valence-corrected chi connectivity index (χ1v) is 5.83. The Morgan fingerprint density at radius 3 is 2.33 bits per heavy atom. The van der Waals surface area contributed by atoms with Crippen LogP contribution in [0.4, 0.5) is 0 Å². The number of nitrogens with zero attached hydrogens (tertiary/aromatic N) is 2. The summed E-state index contributed by atoms with van der Waals surface area (Å²) in [6, 6.07) is 8.19. The van der Waals surface area contributed by atoms with Gasteiger partial charge in [-0.2, -0.15) is 0 Å². The van der Waals surface area contributed by atoms with E-state index >= 15 is 0 Å². The molecule has 0 aromatic heterocycles. The summed E-state index contributed by atoms with van der Waals surface area (Å²) in [5, 5.41) is 0.774. The first kappa shape index (κ1) is 21.9. The number of carbonyl (C=O) groups is 1. The Morgan fingerprint density at radius 1 is 1.39 bits per heavy atom. The third-order valence-electron chi connectivity index (χ3n) is 1.64. The zero-order valence-corrected chi connectivity index (χ0v) is 9.29. The predicted molar refractivity (Wildman–Crippen MR) is 69.9 cm³/mol. The summed E-state index contributed by atoms with van der Waals surface area (Å²) in [5.41, 5.74) is 0.356. The van der Waals surface area contributed by atoms with E-state index in [2.05, 4.69) is 4.95 Å². The van der Waals surface area contributed by atoms with Crippen molar-refractivity contribution in [1.82, 2.24) is 5.01 Å². The minimum absolute atomic E-state index is 0. The van der Waals surface area contributed by atoms with Crippen LogP contribution >= 0.6 is 7.60 Å². The van der Waals surface area contributed by atoms with Gasteiger partial charge in [0.2, 0.25) is 0 Å². The van der Waals surface area contributed by atoms with Gasteiger partial charge in [-0.05, 0) is 12.1 Å². The van der Waals surface area contributed by atoms with Gasteiger partial charge < -0.3 is 9.79 Å². The third-order valence-corrected chi connectivity index (χ3v) is 1.98. The van der Waals surface area contributed by atoms with Crippen LogP contribution in [0, 0.1) is 5.81 Å². The second-order valence-electron chi connectivity index (χ2n) is 2.92. The zero-order chi connectivity index (χ0) is 12.2. The molecular weight excluding hydrogens is 309 g/mol. The molecule has 18 heavy (non-hydrogen) atoms. The Labute approximate surface area is 190 Å². The summed E-state index contributed by atoms with van der Waals surface area (Å²) in [6.07, 6.45) is 0. The fraction of sp³-hybridized carbons (Fsp3) is 0.111. The molecule has 1 rings (SSSR count). The van der Waals surface area contributed by atoms with Crippen LogP contribution < -0.4 is 4.89 Å². The van der Waals surface area contributed by atoms with Crippen LogP contribution in [0.2, 0.25) is 0 Å². The van der Waals surface area contributed by atoms with Crippen molar-refractivity contribution >= 4 is 116 Å². The standard InChI is InChI=1S/C9H9N2O4P.2K.2H/c1-11(10-7-16(13,14)15)9(12)8-5-3-2-4-6-8;;;;/h2-6H,1H3,(H-,13,14,15);;;;. The summed E-state index contributed by atoms with van der Waals surface area (Å²) in [7, 11) is -3.45. The molecule has 0 bridgehead atoms. The van der Waals surface area contributed by atoms with Crippen molar-refractivity contribution in [2.24, 2.45) is 0 Å². The predicted octanol–water partition coefficient (Wildman–Crippen LogP) is -0.787. The number of rotatable bonds is 1. The van der Waals surface area contributed by atoms with E-state index in [0.29, 0.717) is 5.56 Å². The molecule has 0 aliphatic carbocycles. The molecule has 1 N–H and O–H groups in total. The molecule has 1 unspecified atom stereocenters. The van der Waals surface area contributed by atoms with Crippen molar-refractivity contribution in [2.75, 3.05) is 7.05 Å². The Morgan fingerprint density at radius 2 is 1.89 bits per heavy atom. The van der Waals surface area contributed by atoms with E-state index in [-0.39, 0.29) is 103 Å². The Bertz CT molecular complexity index is 494. The quantitative estimate of drug-likeness (QED) is 0.418. The summed E-state index contributed by atoms with van der Waals surface area (Å²) in [5.74, 6) is 0.959. The topological polar surface area (TPSA) is 85.0 Å². The maximum absolute atomic E-state index is 11.6.